The van der Waals surface area contributed by atoms with Gasteiger partial charge in [-0.1, -0.05) is 19.8 Å². The number of hydrogen-bond donors (Lipinski definition) is 1. The zero-order chi connectivity index (χ0) is 13.1. The first-order chi connectivity index (χ1) is 8.56. The molecule has 3 atom stereocenters. The molecule has 1 aliphatic rings. The van der Waals surface area contributed by atoms with Crippen LogP contribution in [0.5, 0.6) is 0 Å². The van der Waals surface area contributed by atoms with Crippen LogP contribution >= 0.6 is 0 Å². The van der Waals surface area contributed by atoms with Crippen LogP contribution in [0, 0.1) is 11.8 Å². The van der Waals surface area contributed by atoms with Gasteiger partial charge in [-0.3, -0.25) is 4.68 Å². The summed E-state index contributed by atoms with van der Waals surface area (Å²) in [5, 5.41) is 14.9. The first-order valence-electron chi connectivity index (χ1n) is 7.28. The Bertz CT molecular complexity index is 372. The first-order valence-corrected chi connectivity index (χ1v) is 7.28. The van der Waals surface area contributed by atoms with Gasteiger partial charge in [0.1, 0.15) is 0 Å². The molecule has 0 aliphatic heterocycles. The van der Waals surface area contributed by atoms with E-state index in [1.807, 2.05) is 16.9 Å². The molecule has 0 radical (unpaired) electrons. The highest BCUT2D eigenvalue weighted by atomic mass is 16.3. The Kier molecular flexibility index (Phi) is 4.44. The quantitative estimate of drug-likeness (QED) is 0.891. The molecular weight excluding hydrogens is 224 g/mol. The third-order valence-corrected chi connectivity index (χ3v) is 4.13. The molecule has 1 heterocycles. The van der Waals surface area contributed by atoms with Crippen LogP contribution in [-0.4, -0.2) is 21.0 Å². The molecule has 1 aromatic rings. The van der Waals surface area contributed by atoms with Gasteiger partial charge < -0.3 is 5.11 Å². The summed E-state index contributed by atoms with van der Waals surface area (Å²) >= 11 is 0. The molecular formula is C15H26N2O. The van der Waals surface area contributed by atoms with Gasteiger partial charge in [-0.2, -0.15) is 5.10 Å². The Morgan fingerprint density at radius 3 is 2.83 bits per heavy atom. The average Bonchev–Trinajstić information content (AvgIpc) is 2.77. The van der Waals surface area contributed by atoms with Gasteiger partial charge in [-0.15, -0.1) is 0 Å². The fourth-order valence-electron chi connectivity index (χ4n) is 2.99. The molecule has 2 rings (SSSR count). The van der Waals surface area contributed by atoms with Gasteiger partial charge in [-0.05, 0) is 44.6 Å². The molecule has 18 heavy (non-hydrogen) atoms. The van der Waals surface area contributed by atoms with E-state index in [-0.39, 0.29) is 6.10 Å². The van der Waals surface area contributed by atoms with E-state index in [9.17, 15) is 5.11 Å². The molecule has 0 saturated heterocycles. The van der Waals surface area contributed by atoms with Crippen molar-refractivity contribution >= 4 is 0 Å². The number of aliphatic hydroxyl groups is 1. The van der Waals surface area contributed by atoms with E-state index in [2.05, 4.69) is 25.9 Å². The first kappa shape index (κ1) is 13.6. The highest BCUT2D eigenvalue weighted by molar-refractivity contribution is 5.02. The minimum Gasteiger partial charge on any atom is -0.392 e. The smallest absolute Gasteiger partial charge is 0.0650 e. The second-order valence-electron chi connectivity index (χ2n) is 6.18. The van der Waals surface area contributed by atoms with Crippen molar-refractivity contribution in [2.75, 3.05) is 0 Å². The normalized spacial score (nSPS) is 26.5. The Morgan fingerprint density at radius 1 is 1.44 bits per heavy atom. The highest BCUT2D eigenvalue weighted by Crippen LogP contribution is 2.31. The van der Waals surface area contributed by atoms with Gasteiger partial charge >= 0.3 is 0 Å². The molecule has 1 saturated carbocycles. The number of hydrogen-bond acceptors (Lipinski definition) is 2. The summed E-state index contributed by atoms with van der Waals surface area (Å²) in [5.41, 5.74) is 1.02. The van der Waals surface area contributed by atoms with E-state index in [1.165, 1.54) is 25.7 Å². The van der Waals surface area contributed by atoms with Crippen molar-refractivity contribution in [3.8, 4) is 0 Å². The van der Waals surface area contributed by atoms with Crippen LogP contribution in [0.4, 0.5) is 0 Å². The Labute approximate surface area is 110 Å². The molecule has 1 aromatic heterocycles. The van der Waals surface area contributed by atoms with Crippen molar-refractivity contribution in [2.24, 2.45) is 11.8 Å². The fraction of sp³-hybridized carbons (Fsp3) is 0.800. The number of aliphatic hydroxyl groups excluding tert-OH is 1. The maximum absolute atomic E-state index is 10.3. The highest BCUT2D eigenvalue weighted by Gasteiger charge is 2.25. The summed E-state index contributed by atoms with van der Waals surface area (Å²) in [6.45, 7) is 6.54. The number of nitrogens with zero attached hydrogens (tertiary/aromatic N) is 2. The van der Waals surface area contributed by atoms with Gasteiger partial charge in [0.15, 0.2) is 0 Å². The molecule has 3 heteroatoms. The molecule has 1 aliphatic carbocycles. The molecule has 1 fully saturated rings. The summed E-state index contributed by atoms with van der Waals surface area (Å²) < 4.78 is 1.96. The predicted molar refractivity (Wildman–Crippen MR) is 73.4 cm³/mol. The molecule has 3 nitrogen and oxygen atoms in total. The monoisotopic (exact) mass is 250 g/mol. The van der Waals surface area contributed by atoms with Crippen LogP contribution in [0.3, 0.4) is 0 Å². The third kappa shape index (κ3) is 3.35. The van der Waals surface area contributed by atoms with E-state index in [1.54, 1.807) is 0 Å². The molecule has 3 unspecified atom stereocenters. The Balaban J connectivity index is 1.91. The number of rotatable bonds is 4. The van der Waals surface area contributed by atoms with E-state index in [0.29, 0.717) is 18.4 Å². The van der Waals surface area contributed by atoms with E-state index >= 15 is 0 Å². The summed E-state index contributed by atoms with van der Waals surface area (Å²) in [7, 11) is 0. The lowest BCUT2D eigenvalue weighted by Crippen LogP contribution is -2.27. The number of aromatic nitrogens is 2. The second-order valence-corrected chi connectivity index (χ2v) is 6.18. The van der Waals surface area contributed by atoms with Gasteiger partial charge in [0, 0.05) is 18.7 Å². The average molecular weight is 250 g/mol. The largest absolute Gasteiger partial charge is 0.392 e. The lowest BCUT2D eigenvalue weighted by molar-refractivity contribution is 0.0711. The van der Waals surface area contributed by atoms with Crippen molar-refractivity contribution in [1.82, 2.24) is 9.78 Å². The summed E-state index contributed by atoms with van der Waals surface area (Å²) in [6, 6.07) is 2.43. The zero-order valence-electron chi connectivity index (χ0n) is 11.8. The minimum absolute atomic E-state index is 0.219. The molecule has 0 bridgehead atoms. The van der Waals surface area contributed by atoms with Gasteiger partial charge in [-0.25, -0.2) is 0 Å². The zero-order valence-corrected chi connectivity index (χ0v) is 11.8. The van der Waals surface area contributed by atoms with E-state index in [4.69, 9.17) is 0 Å². The lowest BCUT2D eigenvalue weighted by atomic mass is 9.78. The SMILES string of the molecule is CC1CCCC(C(O)Cc2ccn(C(C)C)n2)C1. The second kappa shape index (κ2) is 5.87. The van der Waals surface area contributed by atoms with E-state index < -0.39 is 0 Å². The summed E-state index contributed by atoms with van der Waals surface area (Å²) in [5.74, 6) is 1.24. The predicted octanol–water partition coefficient (Wildman–Crippen LogP) is 3.19. The molecule has 0 spiro atoms. The Morgan fingerprint density at radius 2 is 2.22 bits per heavy atom. The van der Waals surface area contributed by atoms with Crippen LogP contribution in [0.2, 0.25) is 0 Å². The van der Waals surface area contributed by atoms with Crippen LogP contribution < -0.4 is 0 Å². The maximum atomic E-state index is 10.3. The summed E-state index contributed by atoms with van der Waals surface area (Å²) in [6.07, 6.45) is 7.44. The van der Waals surface area contributed by atoms with Crippen LogP contribution in [0.1, 0.15) is 58.2 Å². The van der Waals surface area contributed by atoms with Gasteiger partial charge in [0.05, 0.1) is 11.8 Å². The fourth-order valence-corrected chi connectivity index (χ4v) is 2.99. The van der Waals surface area contributed by atoms with Crippen molar-refractivity contribution in [1.29, 1.82) is 0 Å². The molecule has 102 valence electrons. The third-order valence-electron chi connectivity index (χ3n) is 4.13. The van der Waals surface area contributed by atoms with Crippen LogP contribution in [0.15, 0.2) is 12.3 Å². The van der Waals surface area contributed by atoms with E-state index in [0.717, 1.165) is 11.6 Å². The topological polar surface area (TPSA) is 38.0 Å². The maximum Gasteiger partial charge on any atom is 0.0650 e. The summed E-state index contributed by atoms with van der Waals surface area (Å²) in [4.78, 5) is 0. The van der Waals surface area contributed by atoms with Crippen molar-refractivity contribution in [2.45, 2.75) is 65.0 Å². The van der Waals surface area contributed by atoms with Crippen molar-refractivity contribution < 1.29 is 5.11 Å². The minimum atomic E-state index is -0.219. The standard InChI is InChI=1S/C15H26N2O/c1-11(2)17-8-7-14(16-17)10-15(18)13-6-4-5-12(3)9-13/h7-8,11-13,15,18H,4-6,9-10H2,1-3H3. The molecule has 0 aromatic carbocycles. The van der Waals surface area contributed by atoms with Crippen molar-refractivity contribution in [3.63, 3.8) is 0 Å². The Hall–Kier alpha value is -0.830. The molecule has 0 amide bonds. The van der Waals surface area contributed by atoms with Crippen molar-refractivity contribution in [3.05, 3.63) is 18.0 Å². The van der Waals surface area contributed by atoms with Gasteiger partial charge in [0.25, 0.3) is 0 Å². The molecule has 1 N–H and O–H groups in total. The van der Waals surface area contributed by atoms with Crippen LogP contribution in [-0.2, 0) is 6.42 Å². The van der Waals surface area contributed by atoms with Gasteiger partial charge in [0.2, 0.25) is 0 Å². The van der Waals surface area contributed by atoms with Crippen LogP contribution in [0.25, 0.3) is 0 Å². The lowest BCUT2D eigenvalue weighted by Gasteiger charge is -2.30.